The molecule has 1 aromatic rings. The Morgan fingerprint density at radius 2 is 2.11 bits per heavy atom. The largest absolute Gasteiger partial charge is 0.386 e. The van der Waals surface area contributed by atoms with Gasteiger partial charge < -0.3 is 16.2 Å². The van der Waals surface area contributed by atoms with Crippen molar-refractivity contribution < 1.29 is 9.50 Å². The Morgan fingerprint density at radius 3 is 2.68 bits per heavy atom. The van der Waals surface area contributed by atoms with Gasteiger partial charge in [0.15, 0.2) is 5.96 Å². The molecule has 1 aliphatic rings. The predicted octanol–water partition coefficient (Wildman–Crippen LogP) is 1.56. The molecule has 0 aromatic heterocycles. The van der Waals surface area contributed by atoms with Crippen LogP contribution in [0.4, 0.5) is 4.39 Å². The first kappa shape index (κ1) is 13.8. The summed E-state index contributed by atoms with van der Waals surface area (Å²) in [6.07, 6.45) is 3.04. The molecular weight excluding hydrogens is 245 g/mol. The van der Waals surface area contributed by atoms with E-state index in [9.17, 15) is 9.50 Å². The summed E-state index contributed by atoms with van der Waals surface area (Å²) >= 11 is 0. The summed E-state index contributed by atoms with van der Waals surface area (Å²) in [5.74, 6) is 0.741. The maximum absolute atomic E-state index is 12.7. The number of nitrogens with one attached hydrogen (secondary N) is 1. The molecule has 0 heterocycles. The Balaban J connectivity index is 1.77. The smallest absolute Gasteiger partial charge is 0.188 e. The second-order valence-corrected chi connectivity index (χ2v) is 4.97. The van der Waals surface area contributed by atoms with Gasteiger partial charge in [-0.25, -0.2) is 4.39 Å². The normalized spacial score (nSPS) is 17.9. The van der Waals surface area contributed by atoms with Gasteiger partial charge in [-0.1, -0.05) is 18.6 Å². The van der Waals surface area contributed by atoms with Crippen LogP contribution in [0, 0.1) is 11.7 Å². The molecule has 1 aromatic carbocycles. The summed E-state index contributed by atoms with van der Waals surface area (Å²) in [5, 5.41) is 12.9. The van der Waals surface area contributed by atoms with Gasteiger partial charge in [-0.15, -0.1) is 0 Å². The quantitative estimate of drug-likeness (QED) is 0.559. The average molecular weight is 265 g/mol. The number of benzene rings is 1. The van der Waals surface area contributed by atoms with Crippen LogP contribution in [0.3, 0.4) is 0 Å². The molecule has 0 spiro atoms. The zero-order valence-electron chi connectivity index (χ0n) is 10.8. The van der Waals surface area contributed by atoms with E-state index in [1.807, 2.05) is 0 Å². The first-order valence-corrected chi connectivity index (χ1v) is 6.62. The lowest BCUT2D eigenvalue weighted by molar-refractivity contribution is 0.187. The summed E-state index contributed by atoms with van der Waals surface area (Å²) in [5.41, 5.74) is 6.36. The number of nitrogens with two attached hydrogens (primary N) is 1. The topological polar surface area (TPSA) is 70.6 Å². The highest BCUT2D eigenvalue weighted by molar-refractivity contribution is 5.77. The van der Waals surface area contributed by atoms with Crippen molar-refractivity contribution in [2.75, 3.05) is 13.1 Å². The molecule has 4 nitrogen and oxygen atoms in total. The van der Waals surface area contributed by atoms with Gasteiger partial charge in [0.25, 0.3) is 0 Å². The molecule has 1 saturated carbocycles. The fourth-order valence-corrected chi connectivity index (χ4v) is 1.98. The van der Waals surface area contributed by atoms with E-state index >= 15 is 0 Å². The summed E-state index contributed by atoms with van der Waals surface area (Å²) in [4.78, 5) is 4.09. The van der Waals surface area contributed by atoms with Gasteiger partial charge in [-0.2, -0.15) is 0 Å². The maximum Gasteiger partial charge on any atom is 0.188 e. The maximum atomic E-state index is 12.7. The Morgan fingerprint density at radius 1 is 1.42 bits per heavy atom. The lowest BCUT2D eigenvalue weighted by atomic mass is 9.85. The Kier molecular flexibility index (Phi) is 4.74. The number of hydrogen-bond acceptors (Lipinski definition) is 2. The van der Waals surface area contributed by atoms with E-state index in [1.54, 1.807) is 12.1 Å². The van der Waals surface area contributed by atoms with E-state index in [0.29, 0.717) is 17.4 Å². The Labute approximate surface area is 112 Å². The highest BCUT2D eigenvalue weighted by Gasteiger charge is 2.16. The number of aliphatic hydroxyl groups is 1. The standard InChI is InChI=1S/C14H20FN3O/c15-12-6-4-11(5-7-12)13(19)9-18-14(16)17-8-10-2-1-3-10/h4-7,10,13,19H,1-3,8-9H2,(H3,16,17,18). The van der Waals surface area contributed by atoms with Gasteiger partial charge >= 0.3 is 0 Å². The molecule has 1 unspecified atom stereocenters. The van der Waals surface area contributed by atoms with Crippen molar-refractivity contribution >= 4 is 5.96 Å². The number of rotatable bonds is 5. The number of guanidine groups is 1. The lowest BCUT2D eigenvalue weighted by Gasteiger charge is -2.25. The lowest BCUT2D eigenvalue weighted by Crippen LogP contribution is -2.37. The highest BCUT2D eigenvalue weighted by Crippen LogP contribution is 2.25. The zero-order chi connectivity index (χ0) is 13.7. The van der Waals surface area contributed by atoms with Gasteiger partial charge in [0.2, 0.25) is 0 Å². The van der Waals surface area contributed by atoms with Gasteiger partial charge in [0.1, 0.15) is 5.82 Å². The summed E-state index contributed by atoms with van der Waals surface area (Å²) in [6.45, 7) is 1.02. The van der Waals surface area contributed by atoms with Crippen LogP contribution in [0.15, 0.2) is 29.3 Å². The second kappa shape index (κ2) is 6.52. The van der Waals surface area contributed by atoms with Crippen LogP contribution in [0.2, 0.25) is 0 Å². The van der Waals surface area contributed by atoms with Crippen LogP contribution in [-0.2, 0) is 0 Å². The van der Waals surface area contributed by atoms with Crippen molar-refractivity contribution in [3.63, 3.8) is 0 Å². The first-order valence-electron chi connectivity index (χ1n) is 6.62. The monoisotopic (exact) mass is 265 g/mol. The van der Waals surface area contributed by atoms with Crippen molar-refractivity contribution in [1.82, 2.24) is 5.32 Å². The van der Waals surface area contributed by atoms with Crippen LogP contribution in [0.25, 0.3) is 0 Å². The number of hydrogen-bond donors (Lipinski definition) is 3. The molecule has 2 rings (SSSR count). The van der Waals surface area contributed by atoms with Crippen molar-refractivity contribution in [2.24, 2.45) is 16.6 Å². The summed E-state index contributed by atoms with van der Waals surface area (Å²) < 4.78 is 12.7. The molecule has 19 heavy (non-hydrogen) atoms. The minimum absolute atomic E-state index is 0.176. The zero-order valence-corrected chi connectivity index (χ0v) is 10.8. The van der Waals surface area contributed by atoms with E-state index in [-0.39, 0.29) is 12.4 Å². The summed E-state index contributed by atoms with van der Waals surface area (Å²) in [7, 11) is 0. The Hall–Kier alpha value is -1.62. The van der Waals surface area contributed by atoms with Crippen molar-refractivity contribution in [3.8, 4) is 0 Å². The third kappa shape index (κ3) is 4.21. The molecule has 0 bridgehead atoms. The molecular formula is C14H20FN3O. The van der Waals surface area contributed by atoms with Gasteiger partial charge in [0, 0.05) is 6.54 Å². The number of aliphatic imine (C=N–C) groups is 1. The SMILES string of the molecule is NC(=NCC(O)c1ccc(F)cc1)NCC1CCC1. The van der Waals surface area contributed by atoms with E-state index < -0.39 is 6.10 Å². The first-order chi connectivity index (χ1) is 9.15. The van der Waals surface area contributed by atoms with Crippen LogP contribution in [0.5, 0.6) is 0 Å². The van der Waals surface area contributed by atoms with Crippen LogP contribution in [-0.4, -0.2) is 24.2 Å². The van der Waals surface area contributed by atoms with E-state index in [0.717, 1.165) is 6.54 Å². The number of aliphatic hydroxyl groups excluding tert-OH is 1. The number of halogens is 1. The second-order valence-electron chi connectivity index (χ2n) is 4.97. The van der Waals surface area contributed by atoms with Gasteiger partial charge in [-0.3, -0.25) is 4.99 Å². The third-order valence-corrected chi connectivity index (χ3v) is 3.49. The van der Waals surface area contributed by atoms with E-state index in [1.165, 1.54) is 31.4 Å². The van der Waals surface area contributed by atoms with Gasteiger partial charge in [-0.05, 0) is 36.5 Å². The predicted molar refractivity (Wildman–Crippen MR) is 73.2 cm³/mol. The molecule has 1 fully saturated rings. The Bertz CT molecular complexity index is 429. The molecule has 4 N–H and O–H groups in total. The average Bonchev–Trinajstić information content (AvgIpc) is 2.35. The fraction of sp³-hybridized carbons (Fsp3) is 0.500. The summed E-state index contributed by atoms with van der Waals surface area (Å²) in [6, 6.07) is 5.74. The molecule has 1 atom stereocenters. The van der Waals surface area contributed by atoms with E-state index in [4.69, 9.17) is 5.73 Å². The van der Waals surface area contributed by atoms with Crippen molar-refractivity contribution in [2.45, 2.75) is 25.4 Å². The molecule has 104 valence electrons. The third-order valence-electron chi connectivity index (χ3n) is 3.49. The number of nitrogens with zero attached hydrogens (tertiary/aromatic N) is 1. The van der Waals surface area contributed by atoms with Crippen molar-refractivity contribution in [3.05, 3.63) is 35.6 Å². The molecule has 0 saturated heterocycles. The van der Waals surface area contributed by atoms with Gasteiger partial charge in [0.05, 0.1) is 12.6 Å². The molecule has 0 radical (unpaired) electrons. The van der Waals surface area contributed by atoms with Crippen molar-refractivity contribution in [1.29, 1.82) is 0 Å². The fourth-order valence-electron chi connectivity index (χ4n) is 1.98. The highest BCUT2D eigenvalue weighted by atomic mass is 19.1. The van der Waals surface area contributed by atoms with Crippen LogP contribution < -0.4 is 11.1 Å². The molecule has 0 aliphatic heterocycles. The molecule has 1 aliphatic carbocycles. The van der Waals surface area contributed by atoms with Crippen LogP contribution >= 0.6 is 0 Å². The molecule has 5 heteroatoms. The minimum Gasteiger partial charge on any atom is -0.386 e. The minimum atomic E-state index is -0.760. The van der Waals surface area contributed by atoms with Crippen LogP contribution in [0.1, 0.15) is 30.9 Å². The van der Waals surface area contributed by atoms with E-state index in [2.05, 4.69) is 10.3 Å². The molecule has 0 amide bonds.